The van der Waals surface area contributed by atoms with Crippen molar-refractivity contribution >= 4 is 28.9 Å². The lowest BCUT2D eigenvalue weighted by Gasteiger charge is -2.20. The molecule has 1 amide bonds. The van der Waals surface area contributed by atoms with Gasteiger partial charge in [-0.25, -0.2) is 0 Å². The maximum absolute atomic E-state index is 12.6. The van der Waals surface area contributed by atoms with Gasteiger partial charge < -0.3 is 10.0 Å². The van der Waals surface area contributed by atoms with Gasteiger partial charge in [-0.2, -0.15) is 0 Å². The van der Waals surface area contributed by atoms with Crippen molar-refractivity contribution in [2.24, 2.45) is 4.99 Å². The molecule has 0 saturated heterocycles. The molecule has 0 aromatic heterocycles. The van der Waals surface area contributed by atoms with Gasteiger partial charge in [-0.1, -0.05) is 41.9 Å². The molecule has 0 saturated carbocycles. The van der Waals surface area contributed by atoms with Crippen LogP contribution in [0.4, 0.5) is 5.69 Å². The normalized spacial score (nSPS) is 17.5. The zero-order valence-electron chi connectivity index (χ0n) is 12.7. The number of nitrogens with zero attached hydrogens (tertiary/aromatic N) is 2. The summed E-state index contributed by atoms with van der Waals surface area (Å²) < 4.78 is 0. The van der Waals surface area contributed by atoms with Gasteiger partial charge in [-0.05, 0) is 18.2 Å². The maximum Gasteiger partial charge on any atom is 0.251 e. The van der Waals surface area contributed by atoms with Crippen molar-refractivity contribution in [3.8, 4) is 0 Å². The second-order valence-electron chi connectivity index (χ2n) is 5.43. The number of aliphatic imine (C=N–C) groups is 1. The Morgan fingerprint density at radius 3 is 2.65 bits per heavy atom. The van der Waals surface area contributed by atoms with Crippen molar-refractivity contribution in [1.29, 1.82) is 0 Å². The monoisotopic (exact) mass is 328 g/mol. The third-order valence-corrected chi connectivity index (χ3v) is 4.16. The molecule has 1 aliphatic rings. The van der Waals surface area contributed by atoms with Crippen LogP contribution in [0, 0.1) is 0 Å². The van der Waals surface area contributed by atoms with Gasteiger partial charge in [0.15, 0.2) is 0 Å². The van der Waals surface area contributed by atoms with Crippen LogP contribution in [0.3, 0.4) is 0 Å². The van der Waals surface area contributed by atoms with Crippen LogP contribution >= 0.6 is 11.6 Å². The Kier molecular flexibility index (Phi) is 4.46. The lowest BCUT2D eigenvalue weighted by molar-refractivity contribution is -0.119. The van der Waals surface area contributed by atoms with Gasteiger partial charge in [0.05, 0.1) is 11.4 Å². The van der Waals surface area contributed by atoms with Crippen LogP contribution < -0.4 is 4.90 Å². The molecule has 2 aromatic carbocycles. The van der Waals surface area contributed by atoms with Gasteiger partial charge in [0.2, 0.25) is 0 Å². The first-order valence-electron chi connectivity index (χ1n) is 7.43. The molecule has 0 bridgehead atoms. The Balaban J connectivity index is 2.23. The molecule has 5 heteroatoms. The molecule has 118 valence electrons. The lowest BCUT2D eigenvalue weighted by atomic mass is 10.0. The number of hydrogen-bond acceptors (Lipinski definition) is 3. The zero-order chi connectivity index (χ0) is 16.4. The van der Waals surface area contributed by atoms with Crippen LogP contribution in [-0.2, 0) is 4.79 Å². The molecule has 1 aliphatic heterocycles. The highest BCUT2D eigenvalue weighted by atomic mass is 35.5. The SMILES string of the molecule is CN1C(=O)C(CCO)N=C(c2ccccc2)c2cc(Cl)ccc21. The molecule has 0 spiro atoms. The highest BCUT2D eigenvalue weighted by molar-refractivity contribution is 6.32. The largest absolute Gasteiger partial charge is 0.396 e. The number of benzodiazepines with no additional fused rings is 1. The van der Waals surface area contributed by atoms with E-state index in [2.05, 4.69) is 4.99 Å². The summed E-state index contributed by atoms with van der Waals surface area (Å²) in [5.41, 5.74) is 3.23. The number of halogens is 1. The van der Waals surface area contributed by atoms with Crippen molar-refractivity contribution < 1.29 is 9.90 Å². The molecule has 0 aliphatic carbocycles. The summed E-state index contributed by atoms with van der Waals surface area (Å²) in [6.45, 7) is -0.0904. The van der Waals surface area contributed by atoms with Crippen LogP contribution in [0.2, 0.25) is 5.02 Å². The predicted octanol–water partition coefficient (Wildman–Crippen LogP) is 2.90. The van der Waals surface area contributed by atoms with E-state index in [1.54, 1.807) is 18.0 Å². The molecule has 0 fully saturated rings. The van der Waals surface area contributed by atoms with Crippen LogP contribution in [-0.4, -0.2) is 36.4 Å². The smallest absolute Gasteiger partial charge is 0.251 e. The number of aliphatic hydroxyl groups is 1. The summed E-state index contributed by atoms with van der Waals surface area (Å²) in [7, 11) is 1.73. The number of amides is 1. The minimum absolute atomic E-state index is 0.0904. The summed E-state index contributed by atoms with van der Waals surface area (Å²) in [5, 5.41) is 9.86. The second-order valence-corrected chi connectivity index (χ2v) is 5.87. The topological polar surface area (TPSA) is 52.9 Å². The summed E-state index contributed by atoms with van der Waals surface area (Å²) in [6, 6.07) is 14.5. The van der Waals surface area contributed by atoms with E-state index in [1.807, 2.05) is 42.5 Å². The van der Waals surface area contributed by atoms with Crippen molar-refractivity contribution in [3.05, 3.63) is 64.7 Å². The van der Waals surface area contributed by atoms with Crippen LogP contribution in [0.5, 0.6) is 0 Å². The molecule has 1 atom stereocenters. The maximum atomic E-state index is 12.6. The summed E-state index contributed by atoms with van der Waals surface area (Å²) in [4.78, 5) is 18.9. The summed E-state index contributed by atoms with van der Waals surface area (Å²) in [6.07, 6.45) is 0.293. The van der Waals surface area contributed by atoms with Gasteiger partial charge in [-0.15, -0.1) is 0 Å². The summed E-state index contributed by atoms with van der Waals surface area (Å²) in [5.74, 6) is -0.131. The van der Waals surface area contributed by atoms with E-state index < -0.39 is 6.04 Å². The molecule has 3 rings (SSSR count). The number of fused-ring (bicyclic) bond motifs is 1. The highest BCUT2D eigenvalue weighted by Gasteiger charge is 2.29. The fraction of sp³-hybridized carbons (Fsp3) is 0.222. The number of benzene rings is 2. The predicted molar refractivity (Wildman–Crippen MR) is 92.4 cm³/mol. The lowest BCUT2D eigenvalue weighted by Crippen LogP contribution is -2.35. The average Bonchev–Trinajstić information content (AvgIpc) is 2.66. The molecule has 0 radical (unpaired) electrons. The fourth-order valence-corrected chi connectivity index (χ4v) is 2.92. The quantitative estimate of drug-likeness (QED) is 0.942. The molecule has 1 unspecified atom stereocenters. The number of anilines is 1. The Labute approximate surface area is 140 Å². The minimum atomic E-state index is -0.605. The number of hydrogen-bond donors (Lipinski definition) is 1. The summed E-state index contributed by atoms with van der Waals surface area (Å²) >= 11 is 6.17. The molecule has 23 heavy (non-hydrogen) atoms. The van der Waals surface area contributed by atoms with Gasteiger partial charge in [-0.3, -0.25) is 9.79 Å². The molecule has 4 nitrogen and oxygen atoms in total. The molecule has 2 aromatic rings. The van der Waals surface area contributed by atoms with E-state index in [9.17, 15) is 9.90 Å². The number of carbonyl (C=O) groups is 1. The first-order valence-corrected chi connectivity index (χ1v) is 7.81. The third-order valence-electron chi connectivity index (χ3n) is 3.93. The minimum Gasteiger partial charge on any atom is -0.396 e. The van der Waals surface area contributed by atoms with Crippen LogP contribution in [0.1, 0.15) is 17.5 Å². The fourth-order valence-electron chi connectivity index (χ4n) is 2.75. The van der Waals surface area contributed by atoms with Crippen LogP contribution in [0.15, 0.2) is 53.5 Å². The van der Waals surface area contributed by atoms with Crippen molar-refractivity contribution in [2.75, 3.05) is 18.6 Å². The number of aliphatic hydroxyl groups excluding tert-OH is 1. The number of rotatable bonds is 3. The Morgan fingerprint density at radius 2 is 1.96 bits per heavy atom. The molecule has 1 heterocycles. The number of likely N-dealkylation sites (N-methyl/N-ethyl adjacent to an activating group) is 1. The van der Waals surface area contributed by atoms with Gasteiger partial charge in [0.25, 0.3) is 5.91 Å². The van der Waals surface area contributed by atoms with Crippen molar-refractivity contribution in [2.45, 2.75) is 12.5 Å². The highest BCUT2D eigenvalue weighted by Crippen LogP contribution is 2.30. The Morgan fingerprint density at radius 1 is 1.22 bits per heavy atom. The first-order chi connectivity index (χ1) is 11.1. The molecular weight excluding hydrogens is 312 g/mol. The molecule has 1 N–H and O–H groups in total. The van der Waals surface area contributed by atoms with Crippen LogP contribution in [0.25, 0.3) is 0 Å². The van der Waals surface area contributed by atoms with E-state index in [4.69, 9.17) is 11.6 Å². The second kappa shape index (κ2) is 6.52. The third kappa shape index (κ3) is 3.00. The van der Waals surface area contributed by atoms with E-state index in [0.29, 0.717) is 11.4 Å². The first kappa shape index (κ1) is 15.7. The van der Waals surface area contributed by atoms with E-state index in [1.165, 1.54) is 0 Å². The Hall–Kier alpha value is -2.17. The average molecular weight is 329 g/mol. The van der Waals surface area contributed by atoms with Gasteiger partial charge in [0.1, 0.15) is 6.04 Å². The van der Waals surface area contributed by atoms with Gasteiger partial charge >= 0.3 is 0 Å². The van der Waals surface area contributed by atoms with Crippen molar-refractivity contribution in [1.82, 2.24) is 0 Å². The van der Waals surface area contributed by atoms with Crippen molar-refractivity contribution in [3.63, 3.8) is 0 Å². The molecular formula is C18H17ClN2O2. The number of carbonyl (C=O) groups excluding carboxylic acids is 1. The standard InChI is InChI=1S/C18H17ClN2O2/c1-21-16-8-7-13(19)11-14(16)17(12-5-3-2-4-6-12)20-15(9-10-22)18(21)23/h2-8,11,15,22H,9-10H2,1H3. The Bertz CT molecular complexity index is 759. The van der Waals surface area contributed by atoms with E-state index in [0.717, 1.165) is 22.5 Å². The van der Waals surface area contributed by atoms with E-state index >= 15 is 0 Å². The van der Waals surface area contributed by atoms with E-state index in [-0.39, 0.29) is 12.5 Å². The van der Waals surface area contributed by atoms with Gasteiger partial charge in [0, 0.05) is 36.2 Å². The zero-order valence-corrected chi connectivity index (χ0v) is 13.5.